The molecule has 0 aliphatic rings. The van der Waals surface area contributed by atoms with E-state index in [4.69, 9.17) is 0 Å². The van der Waals surface area contributed by atoms with Gasteiger partial charge in [0, 0.05) is 20.0 Å². The van der Waals surface area contributed by atoms with Gasteiger partial charge in [0.25, 0.3) is 0 Å². The summed E-state index contributed by atoms with van der Waals surface area (Å²) in [5.41, 5.74) is 0. The highest BCUT2D eigenvalue weighted by atomic mass is 16.2. The van der Waals surface area contributed by atoms with Crippen molar-refractivity contribution in [2.75, 3.05) is 32.7 Å². The Kier molecular flexibility index (Phi) is 12.9. The minimum atomic E-state index is -0.201. The SMILES string of the molecule is CC.CC(=O)CN(CCN(CC=O)C(C)=O)CC(C)=O. The topological polar surface area (TPSA) is 74.8 Å². The van der Waals surface area contributed by atoms with Crippen LogP contribution < -0.4 is 0 Å². The summed E-state index contributed by atoms with van der Waals surface area (Å²) in [6, 6.07) is 0. The second kappa shape index (κ2) is 12.5. The Morgan fingerprint density at radius 3 is 1.65 bits per heavy atom. The molecular formula is C14H26N2O4. The van der Waals surface area contributed by atoms with E-state index in [1.807, 2.05) is 13.8 Å². The molecule has 0 fully saturated rings. The quantitative estimate of drug-likeness (QED) is 0.578. The van der Waals surface area contributed by atoms with Gasteiger partial charge in [-0.25, -0.2) is 0 Å². The summed E-state index contributed by atoms with van der Waals surface area (Å²) < 4.78 is 0. The van der Waals surface area contributed by atoms with Crippen LogP contribution in [0.2, 0.25) is 0 Å². The van der Waals surface area contributed by atoms with E-state index in [0.717, 1.165) is 0 Å². The zero-order valence-electron chi connectivity index (χ0n) is 13.1. The Morgan fingerprint density at radius 2 is 1.35 bits per heavy atom. The van der Waals surface area contributed by atoms with Crippen LogP contribution in [0.1, 0.15) is 34.6 Å². The van der Waals surface area contributed by atoms with Crippen molar-refractivity contribution in [1.82, 2.24) is 9.80 Å². The number of hydrogen-bond acceptors (Lipinski definition) is 5. The number of ketones is 2. The second-order valence-corrected chi connectivity index (χ2v) is 4.25. The van der Waals surface area contributed by atoms with Gasteiger partial charge in [0.05, 0.1) is 19.6 Å². The Balaban J connectivity index is 0. The molecule has 0 heterocycles. The van der Waals surface area contributed by atoms with Crippen molar-refractivity contribution in [3.05, 3.63) is 0 Å². The monoisotopic (exact) mass is 286 g/mol. The molecule has 0 rings (SSSR count). The summed E-state index contributed by atoms with van der Waals surface area (Å²) in [5, 5.41) is 0. The van der Waals surface area contributed by atoms with Crippen molar-refractivity contribution in [2.45, 2.75) is 34.6 Å². The minimum absolute atomic E-state index is 0.0311. The molecule has 0 saturated carbocycles. The van der Waals surface area contributed by atoms with Crippen molar-refractivity contribution >= 4 is 23.8 Å². The average Bonchev–Trinajstić information content (AvgIpc) is 2.34. The van der Waals surface area contributed by atoms with Crippen molar-refractivity contribution < 1.29 is 19.2 Å². The number of hydrogen-bond donors (Lipinski definition) is 0. The van der Waals surface area contributed by atoms with Crippen LogP contribution in [0.3, 0.4) is 0 Å². The largest absolute Gasteiger partial charge is 0.335 e. The van der Waals surface area contributed by atoms with E-state index in [1.54, 1.807) is 4.90 Å². The third-order valence-corrected chi connectivity index (χ3v) is 2.32. The molecule has 0 saturated heterocycles. The van der Waals surface area contributed by atoms with Crippen LogP contribution in [-0.2, 0) is 19.2 Å². The second-order valence-electron chi connectivity index (χ2n) is 4.25. The molecule has 0 aromatic rings. The zero-order valence-corrected chi connectivity index (χ0v) is 13.1. The molecule has 0 atom stereocenters. The highest BCUT2D eigenvalue weighted by Gasteiger charge is 2.13. The van der Waals surface area contributed by atoms with Crippen LogP contribution in [0.5, 0.6) is 0 Å². The minimum Gasteiger partial charge on any atom is -0.335 e. The highest BCUT2D eigenvalue weighted by Crippen LogP contribution is 1.94. The first-order chi connectivity index (χ1) is 9.36. The highest BCUT2D eigenvalue weighted by molar-refractivity contribution is 5.80. The number of carbonyl (C=O) groups excluding carboxylic acids is 4. The average molecular weight is 286 g/mol. The van der Waals surface area contributed by atoms with Crippen molar-refractivity contribution in [3.63, 3.8) is 0 Å². The lowest BCUT2D eigenvalue weighted by Gasteiger charge is -2.24. The summed E-state index contributed by atoms with van der Waals surface area (Å²) in [5.74, 6) is -0.283. The molecule has 6 heteroatoms. The molecule has 0 unspecified atom stereocenters. The van der Waals surface area contributed by atoms with Gasteiger partial charge in [-0.3, -0.25) is 19.3 Å². The van der Waals surface area contributed by atoms with Crippen LogP contribution in [0, 0.1) is 0 Å². The molecule has 0 spiro atoms. The van der Waals surface area contributed by atoms with Crippen LogP contribution in [0.25, 0.3) is 0 Å². The summed E-state index contributed by atoms with van der Waals surface area (Å²) >= 11 is 0. The van der Waals surface area contributed by atoms with Crippen molar-refractivity contribution in [3.8, 4) is 0 Å². The Bertz CT molecular complexity index is 313. The van der Waals surface area contributed by atoms with E-state index in [-0.39, 0.29) is 37.1 Å². The van der Waals surface area contributed by atoms with Crippen LogP contribution in [0.15, 0.2) is 0 Å². The third kappa shape index (κ3) is 11.5. The Labute approximate surface area is 121 Å². The maximum absolute atomic E-state index is 11.2. The standard InChI is InChI=1S/C12H20N2O4.C2H6/c1-10(16)8-13(9-11(2)17)4-5-14(6-7-15)12(3)18;1-2/h7H,4-6,8-9H2,1-3H3;1-2H3. The molecule has 0 aromatic heterocycles. The van der Waals surface area contributed by atoms with Gasteiger partial charge in [0.1, 0.15) is 17.9 Å². The maximum Gasteiger partial charge on any atom is 0.219 e. The molecule has 0 aliphatic carbocycles. The number of nitrogens with zero attached hydrogens (tertiary/aromatic N) is 2. The fraction of sp³-hybridized carbons (Fsp3) is 0.714. The van der Waals surface area contributed by atoms with E-state index in [1.165, 1.54) is 25.7 Å². The van der Waals surface area contributed by atoms with Gasteiger partial charge < -0.3 is 9.69 Å². The van der Waals surface area contributed by atoms with Crippen molar-refractivity contribution in [2.24, 2.45) is 0 Å². The first-order valence-electron chi connectivity index (χ1n) is 6.77. The zero-order chi connectivity index (χ0) is 16.1. The summed E-state index contributed by atoms with van der Waals surface area (Å²) in [6.07, 6.45) is 0.654. The lowest BCUT2D eigenvalue weighted by Crippen LogP contribution is -2.41. The lowest BCUT2D eigenvalue weighted by molar-refractivity contribution is -0.131. The van der Waals surface area contributed by atoms with Gasteiger partial charge in [-0.15, -0.1) is 0 Å². The molecular weight excluding hydrogens is 260 g/mol. The van der Waals surface area contributed by atoms with Crippen LogP contribution in [-0.4, -0.2) is 66.3 Å². The molecule has 0 bridgehead atoms. The number of carbonyl (C=O) groups is 4. The molecule has 0 aromatic carbocycles. The normalized spacial score (nSPS) is 9.50. The summed E-state index contributed by atoms with van der Waals surface area (Å²) in [4.78, 5) is 46.8. The van der Waals surface area contributed by atoms with Crippen LogP contribution >= 0.6 is 0 Å². The molecule has 0 aliphatic heterocycles. The van der Waals surface area contributed by atoms with E-state index >= 15 is 0 Å². The molecule has 0 N–H and O–H groups in total. The third-order valence-electron chi connectivity index (χ3n) is 2.32. The molecule has 0 radical (unpaired) electrons. The van der Waals surface area contributed by atoms with Crippen LogP contribution in [0.4, 0.5) is 0 Å². The maximum atomic E-state index is 11.2. The van der Waals surface area contributed by atoms with Gasteiger partial charge in [-0.05, 0) is 13.8 Å². The fourth-order valence-electron chi connectivity index (χ4n) is 1.57. The lowest BCUT2D eigenvalue weighted by atomic mass is 10.3. The first-order valence-corrected chi connectivity index (χ1v) is 6.77. The Hall–Kier alpha value is -1.56. The first kappa shape index (κ1) is 20.8. The molecule has 20 heavy (non-hydrogen) atoms. The smallest absolute Gasteiger partial charge is 0.219 e. The molecule has 1 amide bonds. The van der Waals surface area contributed by atoms with E-state index in [0.29, 0.717) is 19.4 Å². The Morgan fingerprint density at radius 1 is 0.900 bits per heavy atom. The number of amides is 1. The van der Waals surface area contributed by atoms with E-state index < -0.39 is 0 Å². The van der Waals surface area contributed by atoms with E-state index in [2.05, 4.69) is 0 Å². The number of Topliss-reactive ketones (excluding diaryl/α,β-unsaturated/α-hetero) is 2. The molecule has 116 valence electrons. The van der Waals surface area contributed by atoms with Crippen molar-refractivity contribution in [1.29, 1.82) is 0 Å². The van der Waals surface area contributed by atoms with E-state index in [9.17, 15) is 19.2 Å². The number of aldehydes is 1. The van der Waals surface area contributed by atoms with Gasteiger partial charge in [-0.1, -0.05) is 13.8 Å². The van der Waals surface area contributed by atoms with Gasteiger partial charge >= 0.3 is 0 Å². The number of rotatable bonds is 9. The predicted molar refractivity (Wildman–Crippen MR) is 77.5 cm³/mol. The fourth-order valence-corrected chi connectivity index (χ4v) is 1.57. The summed E-state index contributed by atoms with van der Waals surface area (Å²) in [7, 11) is 0. The van der Waals surface area contributed by atoms with Gasteiger partial charge in [0.2, 0.25) is 5.91 Å². The van der Waals surface area contributed by atoms with Gasteiger partial charge in [0.15, 0.2) is 0 Å². The molecule has 6 nitrogen and oxygen atoms in total. The summed E-state index contributed by atoms with van der Waals surface area (Å²) in [6.45, 7) is 9.37. The predicted octanol–water partition coefficient (Wildman–Crippen LogP) is 0.540. The van der Waals surface area contributed by atoms with Gasteiger partial charge in [-0.2, -0.15) is 0 Å².